The Kier molecular flexibility index (Phi) is 5.28. The molecule has 0 aliphatic carbocycles. The minimum absolute atomic E-state index is 0.645. The number of imidazole rings is 1. The number of nitrogens with zero attached hydrogens (tertiary/aromatic N) is 2. The molecule has 2 heteroatoms. The molecule has 0 radical (unpaired) electrons. The van der Waals surface area contributed by atoms with Gasteiger partial charge in [0.2, 0.25) is 0 Å². The fraction of sp³-hybridized carbons (Fsp3) is 0.0714. The largest absolute Gasteiger partial charge is 0.294 e. The van der Waals surface area contributed by atoms with Crippen LogP contribution in [-0.4, -0.2) is 9.38 Å². The second-order valence-electron chi connectivity index (χ2n) is 11.9. The summed E-state index contributed by atoms with van der Waals surface area (Å²) in [4.78, 5) is 5.46. The van der Waals surface area contributed by atoms with Crippen molar-refractivity contribution in [1.82, 2.24) is 9.38 Å². The predicted octanol–water partition coefficient (Wildman–Crippen LogP) is 9.63. The molecule has 8 aromatic rings. The Morgan fingerprint density at radius 1 is 0.432 bits per heavy atom. The van der Waals surface area contributed by atoms with Gasteiger partial charge < -0.3 is 0 Å². The maximum Gasteiger partial charge on any atom is 0.145 e. The molecule has 6 aromatic carbocycles. The topological polar surface area (TPSA) is 17.3 Å². The van der Waals surface area contributed by atoms with Gasteiger partial charge in [0.25, 0.3) is 0 Å². The number of pyridine rings is 1. The molecule has 208 valence electrons. The van der Waals surface area contributed by atoms with Gasteiger partial charge in [-0.3, -0.25) is 4.40 Å². The monoisotopic (exact) mass is 562 g/mol. The minimum atomic E-state index is -0.675. The van der Waals surface area contributed by atoms with Crippen molar-refractivity contribution in [3.63, 3.8) is 0 Å². The lowest BCUT2D eigenvalue weighted by molar-refractivity contribution is 0.399. The lowest BCUT2D eigenvalue weighted by atomic mass is 9.46. The van der Waals surface area contributed by atoms with Gasteiger partial charge in [-0.1, -0.05) is 164 Å². The van der Waals surface area contributed by atoms with Crippen molar-refractivity contribution in [2.45, 2.75) is 17.8 Å². The van der Waals surface area contributed by atoms with Crippen LogP contribution in [0.4, 0.5) is 0 Å². The van der Waals surface area contributed by atoms with Crippen LogP contribution in [-0.2, 0) is 10.8 Å². The Balaban J connectivity index is 1.68. The van der Waals surface area contributed by atoms with E-state index in [0.717, 1.165) is 11.3 Å². The quantitative estimate of drug-likeness (QED) is 0.195. The molecule has 44 heavy (non-hydrogen) atoms. The molecule has 0 spiro atoms. The number of hydrogen-bond acceptors (Lipinski definition) is 1. The Hall–Kier alpha value is -5.47. The van der Waals surface area contributed by atoms with E-state index in [1.54, 1.807) is 0 Å². The Morgan fingerprint density at radius 3 is 1.39 bits per heavy atom. The molecule has 1 aliphatic heterocycles. The molecule has 0 N–H and O–H groups in total. The van der Waals surface area contributed by atoms with Crippen molar-refractivity contribution in [2.75, 3.05) is 0 Å². The zero-order valence-corrected chi connectivity index (χ0v) is 24.5. The summed E-state index contributed by atoms with van der Waals surface area (Å²) in [5.74, 6) is 0. The highest BCUT2D eigenvalue weighted by Crippen LogP contribution is 2.64. The molecule has 0 unspecified atom stereocenters. The van der Waals surface area contributed by atoms with Gasteiger partial charge in [-0.05, 0) is 40.1 Å². The second-order valence-corrected chi connectivity index (χ2v) is 11.9. The summed E-state index contributed by atoms with van der Waals surface area (Å²) in [6.45, 7) is 2.21. The van der Waals surface area contributed by atoms with Crippen LogP contribution >= 0.6 is 0 Å². The van der Waals surface area contributed by atoms with E-state index in [1.165, 1.54) is 55.2 Å². The van der Waals surface area contributed by atoms with Crippen LogP contribution in [0.1, 0.15) is 39.2 Å². The van der Waals surface area contributed by atoms with Gasteiger partial charge in [0, 0.05) is 10.8 Å². The number of fused-ring (bicyclic) bond motifs is 3. The third-order valence-electron chi connectivity index (χ3n) is 9.92. The predicted molar refractivity (Wildman–Crippen MR) is 180 cm³/mol. The van der Waals surface area contributed by atoms with E-state index in [2.05, 4.69) is 175 Å². The van der Waals surface area contributed by atoms with Gasteiger partial charge in [-0.2, -0.15) is 0 Å². The normalized spacial score (nSPS) is 14.8. The van der Waals surface area contributed by atoms with Crippen LogP contribution in [0.2, 0.25) is 0 Å². The molecular weight excluding hydrogens is 532 g/mol. The number of aromatic nitrogens is 2. The van der Waals surface area contributed by atoms with Crippen LogP contribution in [0.5, 0.6) is 0 Å². The van der Waals surface area contributed by atoms with Crippen LogP contribution in [0.15, 0.2) is 164 Å². The maximum absolute atomic E-state index is 5.46. The molecule has 0 atom stereocenters. The standard InChI is InChI=1S/C42H30N2/c1-29-39-42(32-21-10-4-11-22-32,33-23-12-5-13-24-33)41(30-17-6-2-7-18-30,31-19-8-3-9-20-31)37-28-16-27-35-34-25-14-15-26-36(34)40(43-29)44(39)38(35)37/h2-28H,1H3. The van der Waals surface area contributed by atoms with Gasteiger partial charge >= 0.3 is 0 Å². The summed E-state index contributed by atoms with van der Waals surface area (Å²) >= 11 is 0. The molecule has 0 amide bonds. The Labute approximate surface area is 256 Å². The summed E-state index contributed by atoms with van der Waals surface area (Å²) < 4.78 is 2.51. The fourth-order valence-corrected chi connectivity index (χ4v) is 8.50. The van der Waals surface area contributed by atoms with Crippen molar-refractivity contribution < 1.29 is 0 Å². The van der Waals surface area contributed by atoms with E-state index >= 15 is 0 Å². The van der Waals surface area contributed by atoms with Gasteiger partial charge in [0.1, 0.15) is 5.65 Å². The first-order chi connectivity index (χ1) is 21.8. The van der Waals surface area contributed by atoms with E-state index in [-0.39, 0.29) is 0 Å². The summed E-state index contributed by atoms with van der Waals surface area (Å²) in [6.07, 6.45) is 0. The molecule has 2 nitrogen and oxygen atoms in total. The molecule has 1 aliphatic rings. The third kappa shape index (κ3) is 2.97. The van der Waals surface area contributed by atoms with Crippen molar-refractivity contribution in [1.29, 1.82) is 0 Å². The first-order valence-corrected chi connectivity index (χ1v) is 15.3. The lowest BCUT2D eigenvalue weighted by Crippen LogP contribution is -2.55. The molecule has 3 heterocycles. The molecular formula is C42H30N2. The van der Waals surface area contributed by atoms with Crippen LogP contribution in [0.25, 0.3) is 27.3 Å². The van der Waals surface area contributed by atoms with Gasteiger partial charge in [-0.15, -0.1) is 0 Å². The van der Waals surface area contributed by atoms with Crippen molar-refractivity contribution in [3.05, 3.63) is 203 Å². The highest BCUT2D eigenvalue weighted by Gasteiger charge is 2.62. The number of benzene rings is 6. The SMILES string of the molecule is Cc1nc2c3ccccc3c3cccc4c3n2c1C(c1ccccc1)(c1ccccc1)C4(c1ccccc1)c1ccccc1. The number of aryl methyl sites for hydroxylation is 1. The average molecular weight is 563 g/mol. The number of hydrogen-bond donors (Lipinski definition) is 0. The van der Waals surface area contributed by atoms with Gasteiger partial charge in [0.05, 0.1) is 27.7 Å². The van der Waals surface area contributed by atoms with E-state index in [1.807, 2.05) is 0 Å². The summed E-state index contributed by atoms with van der Waals surface area (Å²) in [5, 5.41) is 3.65. The smallest absolute Gasteiger partial charge is 0.145 e. The molecule has 0 saturated carbocycles. The van der Waals surface area contributed by atoms with E-state index in [9.17, 15) is 0 Å². The second kappa shape index (κ2) is 9.26. The highest BCUT2D eigenvalue weighted by atomic mass is 15.1. The zero-order chi connectivity index (χ0) is 29.3. The van der Waals surface area contributed by atoms with Crippen molar-refractivity contribution in [3.8, 4) is 0 Å². The van der Waals surface area contributed by atoms with Gasteiger partial charge in [-0.25, -0.2) is 4.98 Å². The van der Waals surface area contributed by atoms with Crippen molar-refractivity contribution >= 4 is 27.3 Å². The molecule has 9 rings (SSSR count). The zero-order valence-electron chi connectivity index (χ0n) is 24.5. The number of rotatable bonds is 4. The fourth-order valence-electron chi connectivity index (χ4n) is 8.50. The number of para-hydroxylation sites is 1. The molecule has 0 saturated heterocycles. The van der Waals surface area contributed by atoms with E-state index in [4.69, 9.17) is 4.98 Å². The molecule has 2 aromatic heterocycles. The highest BCUT2D eigenvalue weighted by molar-refractivity contribution is 6.13. The van der Waals surface area contributed by atoms with Crippen LogP contribution in [0, 0.1) is 6.92 Å². The molecule has 0 fully saturated rings. The van der Waals surface area contributed by atoms with E-state index < -0.39 is 10.8 Å². The average Bonchev–Trinajstić information content (AvgIpc) is 3.46. The van der Waals surface area contributed by atoms with Crippen LogP contribution < -0.4 is 0 Å². The summed E-state index contributed by atoms with van der Waals surface area (Å²) in [7, 11) is 0. The summed E-state index contributed by atoms with van der Waals surface area (Å²) in [5.41, 5.74) is 9.43. The first-order valence-electron chi connectivity index (χ1n) is 15.3. The van der Waals surface area contributed by atoms with Crippen LogP contribution in [0.3, 0.4) is 0 Å². The minimum Gasteiger partial charge on any atom is -0.294 e. The maximum atomic E-state index is 5.46. The molecule has 0 bridgehead atoms. The first kappa shape index (κ1) is 25.1. The third-order valence-corrected chi connectivity index (χ3v) is 9.92. The Bertz CT molecular complexity index is 2240. The van der Waals surface area contributed by atoms with Gasteiger partial charge in [0.15, 0.2) is 0 Å². The van der Waals surface area contributed by atoms with Crippen molar-refractivity contribution in [2.24, 2.45) is 0 Å². The lowest BCUT2D eigenvalue weighted by Gasteiger charge is -2.55. The van der Waals surface area contributed by atoms with E-state index in [0.29, 0.717) is 0 Å². The Morgan fingerprint density at radius 2 is 0.864 bits per heavy atom. The summed E-state index contributed by atoms with van der Waals surface area (Å²) in [6, 6.07) is 60.2.